The largest absolute Gasteiger partial charge is 0.325 e. The number of carbonyl (C=O) groups excluding carboxylic acids is 2. The molecule has 3 N–H and O–H groups in total. The second-order valence-electron chi connectivity index (χ2n) is 5.91. The molecule has 2 rings (SSSR count). The molecule has 2 aromatic carbocycles. The average Bonchev–Trinajstić information content (AvgIpc) is 2.56. The van der Waals surface area contributed by atoms with Crippen LogP contribution in [0, 0.1) is 11.3 Å². The number of hydrogen-bond donors (Lipinski definition) is 3. The fourth-order valence-electron chi connectivity index (χ4n) is 2.56. The fraction of sp³-hybridized carbons (Fsp3) is 0.250. The first-order valence-corrected chi connectivity index (χ1v) is 8.32. The Morgan fingerprint density at radius 2 is 1.56 bits per heavy atom. The third-order valence-electron chi connectivity index (χ3n) is 3.73. The van der Waals surface area contributed by atoms with Crippen LogP contribution in [0.5, 0.6) is 0 Å². The smallest absolute Gasteiger partial charge is 0.242 e. The first-order chi connectivity index (χ1) is 12.0. The molecule has 0 heterocycles. The van der Waals surface area contributed by atoms with Crippen molar-refractivity contribution in [1.82, 2.24) is 0 Å². The zero-order valence-electron chi connectivity index (χ0n) is 14.5. The highest BCUT2D eigenvalue weighted by Gasteiger charge is 2.29. The predicted molar refractivity (Wildman–Crippen MR) is 101 cm³/mol. The van der Waals surface area contributed by atoms with Crippen molar-refractivity contribution in [3.05, 3.63) is 60.2 Å². The lowest BCUT2D eigenvalue weighted by molar-refractivity contribution is -0.126. The normalized spacial score (nSPS) is 11.4. The van der Waals surface area contributed by atoms with Crippen LogP contribution in [0.4, 0.5) is 11.4 Å². The van der Waals surface area contributed by atoms with Crippen molar-refractivity contribution >= 4 is 28.9 Å². The zero-order valence-corrected chi connectivity index (χ0v) is 14.5. The molecule has 5 nitrogen and oxygen atoms in total. The Hall–Kier alpha value is -2.95. The molecule has 1 unspecified atom stereocenters. The van der Waals surface area contributed by atoms with Crippen molar-refractivity contribution in [3.8, 4) is 0 Å². The summed E-state index contributed by atoms with van der Waals surface area (Å²) in [6.07, 6.45) is 1.93. The Kier molecular flexibility index (Phi) is 6.46. The van der Waals surface area contributed by atoms with Crippen molar-refractivity contribution in [3.63, 3.8) is 0 Å². The van der Waals surface area contributed by atoms with E-state index in [1.54, 1.807) is 30.3 Å². The number of rotatable bonds is 7. The van der Waals surface area contributed by atoms with E-state index in [9.17, 15) is 9.59 Å². The monoisotopic (exact) mass is 337 g/mol. The van der Waals surface area contributed by atoms with Gasteiger partial charge in [0, 0.05) is 17.1 Å². The SMILES string of the molecule is CCCc1cccc(NC(=O)C(C(C)=N)C(=O)Nc2ccccc2)c1. The van der Waals surface area contributed by atoms with E-state index in [1.165, 1.54) is 6.92 Å². The van der Waals surface area contributed by atoms with E-state index in [1.807, 2.05) is 24.3 Å². The van der Waals surface area contributed by atoms with Gasteiger partial charge in [-0.25, -0.2) is 0 Å². The summed E-state index contributed by atoms with van der Waals surface area (Å²) >= 11 is 0. The van der Waals surface area contributed by atoms with Crippen molar-refractivity contribution in [2.45, 2.75) is 26.7 Å². The number of benzene rings is 2. The van der Waals surface area contributed by atoms with Crippen LogP contribution in [0.3, 0.4) is 0 Å². The Bertz CT molecular complexity index is 757. The fourth-order valence-corrected chi connectivity index (χ4v) is 2.56. The van der Waals surface area contributed by atoms with Gasteiger partial charge in [-0.3, -0.25) is 9.59 Å². The molecule has 2 amide bonds. The Morgan fingerprint density at radius 3 is 2.16 bits per heavy atom. The van der Waals surface area contributed by atoms with Gasteiger partial charge in [-0.2, -0.15) is 0 Å². The van der Waals surface area contributed by atoms with Gasteiger partial charge in [0.25, 0.3) is 0 Å². The predicted octanol–water partition coefficient (Wildman–Crippen LogP) is 3.87. The summed E-state index contributed by atoms with van der Waals surface area (Å²) in [5.41, 5.74) is 2.35. The van der Waals surface area contributed by atoms with E-state index in [0.717, 1.165) is 18.4 Å². The molecule has 0 saturated heterocycles. The minimum atomic E-state index is -1.17. The maximum Gasteiger partial charge on any atom is 0.242 e. The summed E-state index contributed by atoms with van der Waals surface area (Å²) < 4.78 is 0. The van der Waals surface area contributed by atoms with Crippen molar-refractivity contribution in [2.75, 3.05) is 10.6 Å². The second kappa shape index (κ2) is 8.78. The number of carbonyl (C=O) groups is 2. The molecule has 0 radical (unpaired) electrons. The van der Waals surface area contributed by atoms with Gasteiger partial charge in [-0.15, -0.1) is 0 Å². The van der Waals surface area contributed by atoms with E-state index < -0.39 is 17.7 Å². The Balaban J connectivity index is 2.11. The maximum atomic E-state index is 12.5. The molecular formula is C20H23N3O2. The van der Waals surface area contributed by atoms with Crippen LogP contribution in [-0.2, 0) is 16.0 Å². The lowest BCUT2D eigenvalue weighted by atomic mass is 10.0. The van der Waals surface area contributed by atoms with Gasteiger partial charge in [0.2, 0.25) is 11.8 Å². The molecule has 25 heavy (non-hydrogen) atoms. The first-order valence-electron chi connectivity index (χ1n) is 8.32. The average molecular weight is 337 g/mol. The molecular weight excluding hydrogens is 314 g/mol. The van der Waals surface area contributed by atoms with Crippen LogP contribution in [0.25, 0.3) is 0 Å². The molecule has 5 heteroatoms. The van der Waals surface area contributed by atoms with Gasteiger partial charge in [0.05, 0.1) is 0 Å². The molecule has 0 aliphatic rings. The quantitative estimate of drug-likeness (QED) is 0.529. The molecule has 0 aliphatic heterocycles. The zero-order chi connectivity index (χ0) is 18.2. The molecule has 0 fully saturated rings. The van der Waals surface area contributed by atoms with Gasteiger partial charge in [0.1, 0.15) is 0 Å². The van der Waals surface area contributed by atoms with Crippen LogP contribution in [-0.4, -0.2) is 17.5 Å². The minimum Gasteiger partial charge on any atom is -0.325 e. The van der Waals surface area contributed by atoms with Crippen molar-refractivity contribution < 1.29 is 9.59 Å². The van der Waals surface area contributed by atoms with Crippen LogP contribution in [0.2, 0.25) is 0 Å². The van der Waals surface area contributed by atoms with Crippen molar-refractivity contribution in [1.29, 1.82) is 5.41 Å². The summed E-state index contributed by atoms with van der Waals surface area (Å²) in [5, 5.41) is 13.3. The number of para-hydroxylation sites is 1. The second-order valence-corrected chi connectivity index (χ2v) is 5.91. The lowest BCUT2D eigenvalue weighted by Gasteiger charge is -2.16. The van der Waals surface area contributed by atoms with E-state index in [0.29, 0.717) is 11.4 Å². The van der Waals surface area contributed by atoms with E-state index in [-0.39, 0.29) is 5.71 Å². The molecule has 0 spiro atoms. The molecule has 130 valence electrons. The summed E-state index contributed by atoms with van der Waals surface area (Å²) in [5.74, 6) is -2.19. The highest BCUT2D eigenvalue weighted by atomic mass is 16.2. The van der Waals surface area contributed by atoms with E-state index in [4.69, 9.17) is 5.41 Å². The van der Waals surface area contributed by atoms with Gasteiger partial charge < -0.3 is 16.0 Å². The third-order valence-corrected chi connectivity index (χ3v) is 3.73. The first kappa shape index (κ1) is 18.4. The summed E-state index contributed by atoms with van der Waals surface area (Å²) in [7, 11) is 0. The Morgan fingerprint density at radius 1 is 0.960 bits per heavy atom. The van der Waals surface area contributed by atoms with Gasteiger partial charge in [-0.05, 0) is 43.2 Å². The number of amides is 2. The summed E-state index contributed by atoms with van der Waals surface area (Å²) in [6.45, 7) is 3.55. The van der Waals surface area contributed by atoms with Gasteiger partial charge >= 0.3 is 0 Å². The summed E-state index contributed by atoms with van der Waals surface area (Å²) in [6, 6.07) is 16.4. The Labute approximate surface area is 148 Å². The molecule has 0 bridgehead atoms. The number of hydrogen-bond acceptors (Lipinski definition) is 3. The number of nitrogens with one attached hydrogen (secondary N) is 3. The lowest BCUT2D eigenvalue weighted by Crippen LogP contribution is -2.38. The molecule has 2 aromatic rings. The topological polar surface area (TPSA) is 82.1 Å². The standard InChI is InChI=1S/C20H23N3O2/c1-3-8-15-9-7-12-17(13-15)23-20(25)18(14(2)21)19(24)22-16-10-5-4-6-11-16/h4-7,9-13,18,21H,3,8H2,1-2H3,(H,22,24)(H,23,25). The van der Waals surface area contributed by atoms with Gasteiger partial charge in [-0.1, -0.05) is 43.7 Å². The van der Waals surface area contributed by atoms with E-state index >= 15 is 0 Å². The molecule has 0 aliphatic carbocycles. The van der Waals surface area contributed by atoms with Gasteiger partial charge in [0.15, 0.2) is 5.92 Å². The number of aryl methyl sites for hydroxylation is 1. The van der Waals surface area contributed by atoms with Crippen LogP contribution in [0.15, 0.2) is 54.6 Å². The maximum absolute atomic E-state index is 12.5. The highest BCUT2D eigenvalue weighted by molar-refractivity contribution is 6.24. The molecule has 0 saturated carbocycles. The van der Waals surface area contributed by atoms with Crippen LogP contribution < -0.4 is 10.6 Å². The number of anilines is 2. The van der Waals surface area contributed by atoms with Crippen LogP contribution >= 0.6 is 0 Å². The molecule has 1 atom stereocenters. The highest BCUT2D eigenvalue weighted by Crippen LogP contribution is 2.15. The molecule has 0 aromatic heterocycles. The van der Waals surface area contributed by atoms with E-state index in [2.05, 4.69) is 17.6 Å². The summed E-state index contributed by atoms with van der Waals surface area (Å²) in [4.78, 5) is 25.0. The minimum absolute atomic E-state index is 0.00403. The van der Waals surface area contributed by atoms with Crippen LogP contribution in [0.1, 0.15) is 25.8 Å². The third kappa shape index (κ3) is 5.28. The van der Waals surface area contributed by atoms with Crippen molar-refractivity contribution in [2.24, 2.45) is 5.92 Å².